The molecular weight excluding hydrogens is 414 g/mol. The van der Waals surface area contributed by atoms with Gasteiger partial charge in [0.1, 0.15) is 6.04 Å². The first-order valence-corrected chi connectivity index (χ1v) is 10.9. The summed E-state index contributed by atoms with van der Waals surface area (Å²) >= 11 is 1.59. The average molecular weight is 442 g/mol. The number of para-hydroxylation sites is 1. The van der Waals surface area contributed by atoms with E-state index in [1.54, 1.807) is 33.1 Å². The number of amidine groups is 1. The quantitative estimate of drug-likeness (QED) is 0.664. The molecule has 8 heteroatoms. The van der Waals surface area contributed by atoms with Gasteiger partial charge in [0.2, 0.25) is 5.75 Å². The summed E-state index contributed by atoms with van der Waals surface area (Å²) in [6.45, 7) is 3.94. The summed E-state index contributed by atoms with van der Waals surface area (Å²) < 4.78 is 16.5. The van der Waals surface area contributed by atoms with Crippen molar-refractivity contribution in [3.05, 3.63) is 59.3 Å². The number of hydrogen-bond acceptors (Lipinski definition) is 7. The second kappa shape index (κ2) is 10.3. The Labute approximate surface area is 186 Å². The minimum absolute atomic E-state index is 0.223. The van der Waals surface area contributed by atoms with Crippen molar-refractivity contribution in [3.8, 4) is 17.2 Å². The van der Waals surface area contributed by atoms with Gasteiger partial charge in [-0.05, 0) is 42.5 Å². The lowest BCUT2D eigenvalue weighted by Gasteiger charge is -2.27. The summed E-state index contributed by atoms with van der Waals surface area (Å²) in [6, 6.07) is 12.5. The van der Waals surface area contributed by atoms with E-state index in [9.17, 15) is 4.79 Å². The third-order valence-corrected chi connectivity index (χ3v) is 5.55. The second-order valence-corrected chi connectivity index (χ2v) is 7.97. The van der Waals surface area contributed by atoms with E-state index in [4.69, 9.17) is 19.2 Å². The number of allylic oxidation sites excluding steroid dienone is 1. The fourth-order valence-corrected chi connectivity index (χ4v) is 4.05. The molecule has 1 heterocycles. The van der Waals surface area contributed by atoms with Crippen LogP contribution < -0.4 is 24.8 Å². The van der Waals surface area contributed by atoms with E-state index in [1.807, 2.05) is 49.4 Å². The standard InChI is InChI=1S/C23H27N3O4S/c1-6-31-23-24-14(2)19(22(27)25-16-10-8-7-9-11-16)20(26-23)15-12-17(28-3)21(30-5)18(13-15)29-4/h7-13,20H,6H2,1-5H3,(H,24,26)(H,25,27)/t20-/m0/s1. The summed E-state index contributed by atoms with van der Waals surface area (Å²) in [6.07, 6.45) is 0. The Morgan fingerprint density at radius 3 is 2.29 bits per heavy atom. The van der Waals surface area contributed by atoms with Crippen LogP contribution in [0.4, 0.5) is 5.69 Å². The van der Waals surface area contributed by atoms with Crippen LogP contribution in [0.1, 0.15) is 25.5 Å². The smallest absolute Gasteiger partial charge is 0.255 e. The molecular formula is C23H27N3O4S. The zero-order valence-electron chi connectivity index (χ0n) is 18.3. The molecule has 1 amide bonds. The first-order chi connectivity index (χ1) is 15.0. The number of ether oxygens (including phenoxy) is 3. The molecule has 0 saturated carbocycles. The maximum Gasteiger partial charge on any atom is 0.255 e. The summed E-state index contributed by atoms with van der Waals surface area (Å²) in [4.78, 5) is 18.1. The van der Waals surface area contributed by atoms with Crippen molar-refractivity contribution in [3.63, 3.8) is 0 Å². The van der Waals surface area contributed by atoms with Crippen LogP contribution in [0.15, 0.2) is 58.7 Å². The molecule has 1 aliphatic heterocycles. The number of hydrogen-bond donors (Lipinski definition) is 2. The fraction of sp³-hybridized carbons (Fsp3) is 0.304. The summed E-state index contributed by atoms with van der Waals surface area (Å²) in [5.74, 6) is 2.14. The highest BCUT2D eigenvalue weighted by Crippen LogP contribution is 2.43. The fourth-order valence-electron chi connectivity index (χ4n) is 3.37. The molecule has 0 aliphatic carbocycles. The van der Waals surface area contributed by atoms with Gasteiger partial charge < -0.3 is 24.8 Å². The normalized spacial score (nSPS) is 15.6. The van der Waals surface area contributed by atoms with Crippen molar-refractivity contribution >= 4 is 28.5 Å². The molecule has 0 aromatic heterocycles. The van der Waals surface area contributed by atoms with Gasteiger partial charge >= 0.3 is 0 Å². The Morgan fingerprint density at radius 2 is 1.74 bits per heavy atom. The van der Waals surface area contributed by atoms with Crippen LogP contribution in [-0.2, 0) is 4.79 Å². The lowest BCUT2D eigenvalue weighted by molar-refractivity contribution is -0.113. The first kappa shape index (κ1) is 22.6. The van der Waals surface area contributed by atoms with E-state index in [2.05, 4.69) is 17.6 Å². The van der Waals surface area contributed by atoms with E-state index in [0.29, 0.717) is 28.5 Å². The molecule has 3 rings (SSSR count). The predicted octanol–water partition coefficient (Wildman–Crippen LogP) is 4.38. The van der Waals surface area contributed by atoms with Crippen molar-refractivity contribution < 1.29 is 19.0 Å². The number of methoxy groups -OCH3 is 3. The van der Waals surface area contributed by atoms with Crippen LogP contribution in [0.3, 0.4) is 0 Å². The molecule has 2 aromatic carbocycles. The van der Waals surface area contributed by atoms with Gasteiger partial charge in [0.15, 0.2) is 16.7 Å². The third-order valence-electron chi connectivity index (χ3n) is 4.78. The molecule has 0 radical (unpaired) electrons. The number of aliphatic imine (C=N–C) groups is 1. The summed E-state index contributed by atoms with van der Waals surface area (Å²) in [5, 5.41) is 6.99. The van der Waals surface area contributed by atoms with Crippen LogP contribution in [-0.4, -0.2) is 38.2 Å². The molecule has 1 atom stereocenters. The van der Waals surface area contributed by atoms with Gasteiger partial charge in [-0.1, -0.05) is 36.9 Å². The van der Waals surface area contributed by atoms with Gasteiger partial charge in [0, 0.05) is 11.4 Å². The van der Waals surface area contributed by atoms with Crippen molar-refractivity contribution in [2.24, 2.45) is 4.99 Å². The third kappa shape index (κ3) is 4.96. The van der Waals surface area contributed by atoms with E-state index in [0.717, 1.165) is 22.2 Å². The van der Waals surface area contributed by atoms with Gasteiger partial charge in [-0.25, -0.2) is 4.99 Å². The lowest BCUT2D eigenvalue weighted by Crippen LogP contribution is -2.32. The number of carbonyl (C=O) groups is 1. The predicted molar refractivity (Wildman–Crippen MR) is 125 cm³/mol. The monoisotopic (exact) mass is 441 g/mol. The maximum atomic E-state index is 13.3. The Balaban J connectivity index is 2.08. The van der Waals surface area contributed by atoms with E-state index in [-0.39, 0.29) is 5.91 Å². The Kier molecular flexibility index (Phi) is 7.46. The van der Waals surface area contributed by atoms with Crippen molar-refractivity contribution in [1.29, 1.82) is 0 Å². The van der Waals surface area contributed by atoms with Crippen molar-refractivity contribution in [2.45, 2.75) is 19.9 Å². The zero-order valence-corrected chi connectivity index (χ0v) is 19.1. The lowest BCUT2D eigenvalue weighted by atomic mass is 9.95. The molecule has 2 N–H and O–H groups in total. The van der Waals surface area contributed by atoms with Gasteiger partial charge in [-0.15, -0.1) is 0 Å². The number of anilines is 1. The number of nitrogens with one attached hydrogen (secondary N) is 2. The number of amides is 1. The largest absolute Gasteiger partial charge is 0.493 e. The van der Waals surface area contributed by atoms with E-state index < -0.39 is 6.04 Å². The average Bonchev–Trinajstić information content (AvgIpc) is 2.78. The molecule has 0 spiro atoms. The molecule has 7 nitrogen and oxygen atoms in total. The maximum absolute atomic E-state index is 13.3. The zero-order chi connectivity index (χ0) is 22.4. The van der Waals surface area contributed by atoms with E-state index >= 15 is 0 Å². The molecule has 0 unspecified atom stereocenters. The number of thioether (sulfide) groups is 1. The van der Waals surface area contributed by atoms with Gasteiger partial charge in [0.25, 0.3) is 5.91 Å². The molecule has 0 fully saturated rings. The molecule has 0 saturated heterocycles. The topological polar surface area (TPSA) is 81.2 Å². The van der Waals surface area contributed by atoms with Gasteiger partial charge in [0.05, 0.1) is 26.9 Å². The van der Waals surface area contributed by atoms with Crippen molar-refractivity contribution in [1.82, 2.24) is 5.32 Å². The van der Waals surface area contributed by atoms with Crippen LogP contribution in [0.25, 0.3) is 0 Å². The number of benzene rings is 2. The number of nitrogens with zero attached hydrogens (tertiary/aromatic N) is 1. The summed E-state index contributed by atoms with van der Waals surface area (Å²) in [7, 11) is 4.69. The second-order valence-electron chi connectivity index (χ2n) is 6.71. The minimum Gasteiger partial charge on any atom is -0.493 e. The van der Waals surface area contributed by atoms with Crippen molar-refractivity contribution in [2.75, 3.05) is 32.4 Å². The minimum atomic E-state index is -0.535. The molecule has 164 valence electrons. The Morgan fingerprint density at radius 1 is 1.10 bits per heavy atom. The van der Waals surface area contributed by atoms with E-state index in [1.165, 1.54) is 0 Å². The van der Waals surface area contributed by atoms with Gasteiger partial charge in [-0.3, -0.25) is 4.79 Å². The SMILES string of the molecule is CCSC1=N[C@@H](c2cc(OC)c(OC)c(OC)c2)C(C(=O)Nc2ccccc2)=C(C)N1. The molecule has 31 heavy (non-hydrogen) atoms. The van der Waals surface area contributed by atoms with Crippen LogP contribution >= 0.6 is 11.8 Å². The van der Waals surface area contributed by atoms with Crippen LogP contribution in [0.5, 0.6) is 17.2 Å². The molecule has 1 aliphatic rings. The molecule has 0 bridgehead atoms. The Bertz CT molecular complexity index is 980. The summed E-state index contributed by atoms with van der Waals surface area (Å²) in [5.41, 5.74) is 2.76. The number of rotatable bonds is 7. The van der Waals surface area contributed by atoms with Crippen LogP contribution in [0, 0.1) is 0 Å². The highest BCUT2D eigenvalue weighted by molar-refractivity contribution is 8.13. The highest BCUT2D eigenvalue weighted by atomic mass is 32.2. The number of carbonyl (C=O) groups excluding carboxylic acids is 1. The molecule has 2 aromatic rings. The first-order valence-electron chi connectivity index (χ1n) is 9.87. The highest BCUT2D eigenvalue weighted by Gasteiger charge is 2.31. The Hall–Kier alpha value is -3.13. The van der Waals surface area contributed by atoms with Gasteiger partial charge in [-0.2, -0.15) is 0 Å². The van der Waals surface area contributed by atoms with Crippen LogP contribution in [0.2, 0.25) is 0 Å².